The molecule has 0 aromatic carbocycles. The van der Waals surface area contributed by atoms with E-state index in [-0.39, 0.29) is 20.9 Å². The molecule has 0 fully saturated rings. The second kappa shape index (κ2) is 9.62. The van der Waals surface area contributed by atoms with Crippen molar-refractivity contribution in [3.63, 3.8) is 0 Å². The first-order valence-corrected chi connectivity index (χ1v) is 7.98. The van der Waals surface area contributed by atoms with Crippen LogP contribution < -0.4 is 0 Å². The monoisotopic (exact) mass is 284 g/mol. The van der Waals surface area contributed by atoms with E-state index in [4.69, 9.17) is 0 Å². The van der Waals surface area contributed by atoms with Gasteiger partial charge in [-0.2, -0.15) is 0 Å². The molecular weight excluding hydrogens is 260 g/mol. The van der Waals surface area contributed by atoms with Gasteiger partial charge in [0.15, 0.2) is 0 Å². The molecule has 0 radical (unpaired) electrons. The molecule has 0 unspecified atom stereocenters. The van der Waals surface area contributed by atoms with Gasteiger partial charge in [0.1, 0.15) is 0 Å². The standard InChI is InChI=1S/C11H22Te/c1-4-7-10-12-11(8-5-2)9-6-3/h8H,4-7,9-10H2,1-3H3/b11-8+. The summed E-state index contributed by atoms with van der Waals surface area (Å²) in [6, 6.07) is 0. The van der Waals surface area contributed by atoms with E-state index in [2.05, 4.69) is 26.8 Å². The maximum atomic E-state index is 2.47. The molecule has 0 N–H and O–H groups in total. The molecule has 0 aromatic heterocycles. The Morgan fingerprint density at radius 2 is 1.92 bits per heavy atom. The van der Waals surface area contributed by atoms with Gasteiger partial charge in [-0.25, -0.2) is 0 Å². The first kappa shape index (κ1) is 12.5. The molecule has 0 rings (SSSR count). The molecular formula is C11H22Te. The summed E-state index contributed by atoms with van der Waals surface area (Å²) < 4.78 is 3.34. The Bertz CT molecular complexity index is 116. The number of hydrogen-bond donors (Lipinski definition) is 0. The Hall–Kier alpha value is 0.530. The zero-order chi connectivity index (χ0) is 9.23. The summed E-state index contributed by atoms with van der Waals surface area (Å²) >= 11 is 0.230. The minimum atomic E-state index is 0.230. The first-order chi connectivity index (χ1) is 5.85. The normalized spacial score (nSPS) is 12.1. The summed E-state index contributed by atoms with van der Waals surface area (Å²) in [4.78, 5) is 0. The predicted octanol–water partition coefficient (Wildman–Crippen LogP) is 4.00. The third kappa shape index (κ3) is 7.19. The Morgan fingerprint density at radius 3 is 2.42 bits per heavy atom. The molecule has 0 atom stereocenters. The van der Waals surface area contributed by atoms with Crippen LogP contribution in [-0.2, 0) is 0 Å². The zero-order valence-electron chi connectivity index (χ0n) is 8.73. The van der Waals surface area contributed by atoms with E-state index < -0.39 is 0 Å². The molecule has 0 amide bonds. The third-order valence-corrected chi connectivity index (χ3v) is 5.24. The molecule has 0 aromatic rings. The molecule has 0 heterocycles. The predicted molar refractivity (Wildman–Crippen MR) is 58.8 cm³/mol. The van der Waals surface area contributed by atoms with E-state index in [0.717, 1.165) is 0 Å². The molecule has 12 heavy (non-hydrogen) atoms. The molecule has 0 nitrogen and oxygen atoms in total. The molecule has 0 aliphatic heterocycles. The van der Waals surface area contributed by atoms with Crippen molar-refractivity contribution < 1.29 is 0 Å². The third-order valence-electron chi connectivity index (χ3n) is 1.71. The van der Waals surface area contributed by atoms with Crippen LogP contribution in [0.15, 0.2) is 9.70 Å². The van der Waals surface area contributed by atoms with Crippen LogP contribution in [0.5, 0.6) is 0 Å². The van der Waals surface area contributed by atoms with E-state index in [1.54, 1.807) is 0 Å². The van der Waals surface area contributed by atoms with Crippen molar-refractivity contribution in [2.45, 2.75) is 57.3 Å². The summed E-state index contributed by atoms with van der Waals surface area (Å²) in [5.41, 5.74) is 0. The zero-order valence-corrected chi connectivity index (χ0v) is 11.1. The fourth-order valence-corrected chi connectivity index (χ4v) is 4.85. The van der Waals surface area contributed by atoms with Crippen LogP contribution in [0.3, 0.4) is 0 Å². The summed E-state index contributed by atoms with van der Waals surface area (Å²) in [6.07, 6.45) is 9.25. The Balaban J connectivity index is 3.56. The minimum absolute atomic E-state index is 0.230. The number of allylic oxidation sites excluding steroid dienone is 2. The molecule has 72 valence electrons. The number of unbranched alkanes of at least 4 members (excludes halogenated alkanes) is 1. The average molecular weight is 282 g/mol. The summed E-state index contributed by atoms with van der Waals surface area (Å²) in [7, 11) is 0. The molecule has 1 heteroatoms. The van der Waals surface area contributed by atoms with Crippen molar-refractivity contribution in [1.29, 1.82) is 0 Å². The molecule has 0 spiro atoms. The summed E-state index contributed by atoms with van der Waals surface area (Å²) in [6.45, 7) is 6.83. The van der Waals surface area contributed by atoms with Crippen LogP contribution in [0.1, 0.15) is 52.9 Å². The fraction of sp³-hybridized carbons (Fsp3) is 0.818. The van der Waals surface area contributed by atoms with Crippen molar-refractivity contribution in [3.8, 4) is 0 Å². The van der Waals surface area contributed by atoms with E-state index >= 15 is 0 Å². The van der Waals surface area contributed by atoms with Crippen LogP contribution in [0.2, 0.25) is 4.47 Å². The van der Waals surface area contributed by atoms with Crippen molar-refractivity contribution in [2.24, 2.45) is 0 Å². The second-order valence-electron chi connectivity index (χ2n) is 3.03. The van der Waals surface area contributed by atoms with Gasteiger partial charge in [0.05, 0.1) is 0 Å². The van der Waals surface area contributed by atoms with Gasteiger partial charge >= 0.3 is 88.0 Å². The van der Waals surface area contributed by atoms with Gasteiger partial charge in [-0.15, -0.1) is 0 Å². The summed E-state index contributed by atoms with van der Waals surface area (Å²) in [5, 5.41) is 0. The maximum absolute atomic E-state index is 2.47. The van der Waals surface area contributed by atoms with E-state index in [1.165, 1.54) is 36.6 Å². The second-order valence-corrected chi connectivity index (χ2v) is 6.52. The van der Waals surface area contributed by atoms with Gasteiger partial charge in [0.2, 0.25) is 0 Å². The molecule has 0 aliphatic carbocycles. The van der Waals surface area contributed by atoms with Crippen molar-refractivity contribution in [3.05, 3.63) is 9.70 Å². The fourth-order valence-electron chi connectivity index (χ4n) is 1.05. The van der Waals surface area contributed by atoms with Gasteiger partial charge in [0.25, 0.3) is 0 Å². The summed E-state index contributed by atoms with van der Waals surface area (Å²) in [5.74, 6) is 0. The topological polar surface area (TPSA) is 0 Å². The Morgan fingerprint density at radius 1 is 1.17 bits per heavy atom. The first-order valence-electron chi connectivity index (χ1n) is 5.16. The Labute approximate surface area is 87.9 Å². The van der Waals surface area contributed by atoms with Crippen molar-refractivity contribution in [2.75, 3.05) is 0 Å². The van der Waals surface area contributed by atoms with Crippen molar-refractivity contribution in [1.82, 2.24) is 0 Å². The van der Waals surface area contributed by atoms with Crippen LogP contribution in [0, 0.1) is 0 Å². The van der Waals surface area contributed by atoms with Gasteiger partial charge in [-0.05, 0) is 0 Å². The van der Waals surface area contributed by atoms with Crippen LogP contribution in [0.4, 0.5) is 0 Å². The van der Waals surface area contributed by atoms with Crippen LogP contribution >= 0.6 is 0 Å². The van der Waals surface area contributed by atoms with E-state index in [1.807, 2.05) is 3.62 Å². The Kier molecular flexibility index (Phi) is 10.0. The average Bonchev–Trinajstić information content (AvgIpc) is 2.06. The van der Waals surface area contributed by atoms with Crippen molar-refractivity contribution >= 4 is 20.9 Å². The van der Waals surface area contributed by atoms with Gasteiger partial charge in [0, 0.05) is 0 Å². The van der Waals surface area contributed by atoms with Gasteiger partial charge in [-0.1, -0.05) is 0 Å². The number of hydrogen-bond acceptors (Lipinski definition) is 0. The van der Waals surface area contributed by atoms with Gasteiger partial charge in [-0.3, -0.25) is 0 Å². The quantitative estimate of drug-likeness (QED) is 0.489. The molecule has 0 bridgehead atoms. The molecule has 0 aliphatic rings. The van der Waals surface area contributed by atoms with Gasteiger partial charge < -0.3 is 0 Å². The SMILES string of the molecule is CC/C=C(\CCC)[Te]CCCC. The van der Waals surface area contributed by atoms with Crippen LogP contribution in [0.25, 0.3) is 0 Å². The molecule has 0 saturated carbocycles. The van der Waals surface area contributed by atoms with Crippen LogP contribution in [-0.4, -0.2) is 20.9 Å². The molecule has 0 saturated heterocycles. The number of rotatable bonds is 7. The van der Waals surface area contributed by atoms with E-state index in [0.29, 0.717) is 0 Å². The van der Waals surface area contributed by atoms with E-state index in [9.17, 15) is 0 Å².